The molecule has 0 saturated heterocycles. The van der Waals surface area contributed by atoms with Crippen LogP contribution in [0.15, 0.2) is 18.2 Å². The van der Waals surface area contributed by atoms with E-state index in [1.54, 1.807) is 6.07 Å². The minimum absolute atomic E-state index is 0.0310. The Morgan fingerprint density at radius 2 is 2.12 bits per heavy atom. The van der Waals surface area contributed by atoms with Gasteiger partial charge in [-0.1, -0.05) is 32.4 Å². The fourth-order valence-corrected chi connectivity index (χ4v) is 2.79. The second-order valence-corrected chi connectivity index (χ2v) is 6.90. The molecule has 3 N–H and O–H groups in total. The van der Waals surface area contributed by atoms with Crippen LogP contribution < -0.4 is 20.5 Å². The summed E-state index contributed by atoms with van der Waals surface area (Å²) in [5.41, 5.74) is 6.14. The minimum Gasteiger partial charge on any atom is -0.483 e. The molecule has 0 spiro atoms. The molecule has 0 radical (unpaired) electrons. The summed E-state index contributed by atoms with van der Waals surface area (Å²) in [6, 6.07) is 4.95. The maximum absolute atomic E-state index is 12.1. The van der Waals surface area contributed by atoms with Crippen molar-refractivity contribution in [3.63, 3.8) is 0 Å². The topological polar surface area (TPSA) is 90.7 Å². The number of para-hydroxylation sites is 1. The van der Waals surface area contributed by atoms with E-state index in [-0.39, 0.29) is 24.0 Å². The van der Waals surface area contributed by atoms with Gasteiger partial charge in [-0.15, -0.1) is 0 Å². The maximum Gasteiger partial charge on any atom is 0.258 e. The average molecular weight is 334 g/mol. The van der Waals surface area contributed by atoms with E-state index in [9.17, 15) is 9.59 Å². The zero-order chi connectivity index (χ0) is 17.9. The van der Waals surface area contributed by atoms with Gasteiger partial charge in [-0.25, -0.2) is 0 Å². The smallest absolute Gasteiger partial charge is 0.258 e. The third-order valence-corrected chi connectivity index (χ3v) is 4.25. The Morgan fingerprint density at radius 1 is 1.42 bits per heavy atom. The van der Waals surface area contributed by atoms with Crippen molar-refractivity contribution >= 4 is 11.8 Å². The molecule has 6 heteroatoms. The lowest BCUT2D eigenvalue weighted by Gasteiger charge is -2.21. The van der Waals surface area contributed by atoms with E-state index in [0.29, 0.717) is 11.5 Å². The molecule has 1 aliphatic rings. The van der Waals surface area contributed by atoms with Crippen LogP contribution in [0.2, 0.25) is 0 Å². The molecule has 1 aromatic rings. The number of carbonyl (C=O) groups excluding carboxylic acids is 2. The van der Waals surface area contributed by atoms with Crippen LogP contribution >= 0.6 is 0 Å². The Morgan fingerprint density at radius 3 is 2.75 bits per heavy atom. The monoisotopic (exact) mass is 334 g/mol. The van der Waals surface area contributed by atoms with Gasteiger partial charge in [-0.05, 0) is 25.8 Å². The third kappa shape index (κ3) is 4.19. The molecule has 2 unspecified atom stereocenters. The molecule has 1 aliphatic heterocycles. The van der Waals surface area contributed by atoms with Crippen LogP contribution in [-0.2, 0) is 16.0 Å². The predicted octanol–water partition coefficient (Wildman–Crippen LogP) is 1.80. The van der Waals surface area contributed by atoms with Crippen molar-refractivity contribution in [2.45, 2.75) is 52.2 Å². The number of fused-ring (bicyclic) bond motifs is 1. The predicted molar refractivity (Wildman–Crippen MR) is 90.9 cm³/mol. The fraction of sp³-hybridized carbons (Fsp3) is 0.556. The molecule has 0 aromatic heterocycles. The Labute approximate surface area is 142 Å². The highest BCUT2D eigenvalue weighted by atomic mass is 16.5. The number of carbonyl (C=O) groups is 2. The van der Waals surface area contributed by atoms with E-state index in [2.05, 4.69) is 5.32 Å². The summed E-state index contributed by atoms with van der Waals surface area (Å²) >= 11 is 0. The molecule has 24 heavy (non-hydrogen) atoms. The zero-order valence-electron chi connectivity index (χ0n) is 14.7. The number of rotatable bonds is 7. The molecule has 0 fully saturated rings. The van der Waals surface area contributed by atoms with Crippen molar-refractivity contribution in [3.05, 3.63) is 23.8 Å². The second-order valence-electron chi connectivity index (χ2n) is 6.90. The van der Waals surface area contributed by atoms with E-state index in [1.807, 2.05) is 39.8 Å². The van der Waals surface area contributed by atoms with Gasteiger partial charge >= 0.3 is 0 Å². The number of primary amides is 1. The SMILES string of the molecule is CCC(C)C(NC(=O)COc1cccc2c1OC(C)(C)C2)C(N)=O. The first-order valence-corrected chi connectivity index (χ1v) is 8.26. The molecule has 2 rings (SSSR count). The molecular formula is C18H26N2O4. The third-order valence-electron chi connectivity index (χ3n) is 4.25. The maximum atomic E-state index is 12.1. The minimum atomic E-state index is -0.692. The lowest BCUT2D eigenvalue weighted by molar-refractivity contribution is -0.129. The van der Waals surface area contributed by atoms with Crippen LogP contribution in [0.4, 0.5) is 0 Å². The van der Waals surface area contributed by atoms with Gasteiger partial charge in [0.05, 0.1) is 0 Å². The molecule has 2 amide bonds. The summed E-state index contributed by atoms with van der Waals surface area (Å²) < 4.78 is 11.5. The highest BCUT2D eigenvalue weighted by Crippen LogP contribution is 2.41. The van der Waals surface area contributed by atoms with E-state index in [0.717, 1.165) is 18.4 Å². The van der Waals surface area contributed by atoms with Crippen LogP contribution in [0, 0.1) is 5.92 Å². The molecule has 0 aliphatic carbocycles. The van der Waals surface area contributed by atoms with Crippen LogP contribution in [0.5, 0.6) is 11.5 Å². The van der Waals surface area contributed by atoms with Crippen LogP contribution in [-0.4, -0.2) is 30.1 Å². The van der Waals surface area contributed by atoms with Gasteiger partial charge in [0, 0.05) is 12.0 Å². The Hall–Kier alpha value is -2.24. The molecule has 2 atom stereocenters. The zero-order valence-corrected chi connectivity index (χ0v) is 14.7. The molecular weight excluding hydrogens is 308 g/mol. The van der Waals surface area contributed by atoms with E-state index in [4.69, 9.17) is 15.2 Å². The lowest BCUT2D eigenvalue weighted by Crippen LogP contribution is -2.49. The number of nitrogens with two attached hydrogens (primary N) is 1. The van der Waals surface area contributed by atoms with Crippen molar-refractivity contribution < 1.29 is 19.1 Å². The molecule has 0 saturated carbocycles. The number of benzene rings is 1. The van der Waals surface area contributed by atoms with Gasteiger partial charge in [-0.3, -0.25) is 9.59 Å². The van der Waals surface area contributed by atoms with Crippen molar-refractivity contribution in [1.29, 1.82) is 0 Å². The molecule has 0 bridgehead atoms. The molecule has 132 valence electrons. The largest absolute Gasteiger partial charge is 0.483 e. The van der Waals surface area contributed by atoms with Gasteiger partial charge in [0.1, 0.15) is 11.6 Å². The van der Waals surface area contributed by atoms with E-state index < -0.39 is 11.9 Å². The number of amides is 2. The summed E-state index contributed by atoms with van der Waals surface area (Å²) in [5.74, 6) is 0.268. The number of hydrogen-bond acceptors (Lipinski definition) is 4. The Kier molecular flexibility index (Phi) is 5.36. The quantitative estimate of drug-likeness (QED) is 0.795. The second kappa shape index (κ2) is 7.11. The van der Waals surface area contributed by atoms with Crippen LogP contribution in [0.3, 0.4) is 0 Å². The van der Waals surface area contributed by atoms with Gasteiger partial charge in [0.15, 0.2) is 18.1 Å². The number of ether oxygens (including phenoxy) is 2. The van der Waals surface area contributed by atoms with Gasteiger partial charge in [0.2, 0.25) is 5.91 Å². The first kappa shape index (κ1) is 18.1. The highest BCUT2D eigenvalue weighted by molar-refractivity contribution is 5.87. The number of hydrogen-bond donors (Lipinski definition) is 2. The first-order chi connectivity index (χ1) is 11.2. The standard InChI is InChI=1S/C18H26N2O4/c1-5-11(2)15(17(19)22)20-14(21)10-23-13-8-6-7-12-9-18(3,4)24-16(12)13/h6-8,11,15H,5,9-10H2,1-4H3,(H2,19,22)(H,20,21). The van der Waals surface area contributed by atoms with Crippen LogP contribution in [0.25, 0.3) is 0 Å². The van der Waals surface area contributed by atoms with Crippen molar-refractivity contribution in [3.8, 4) is 11.5 Å². The van der Waals surface area contributed by atoms with Crippen LogP contribution in [0.1, 0.15) is 39.7 Å². The van der Waals surface area contributed by atoms with Gasteiger partial charge in [-0.2, -0.15) is 0 Å². The lowest BCUT2D eigenvalue weighted by atomic mass is 9.99. The highest BCUT2D eigenvalue weighted by Gasteiger charge is 2.32. The summed E-state index contributed by atoms with van der Waals surface area (Å²) in [7, 11) is 0. The molecule has 1 aromatic carbocycles. The molecule has 1 heterocycles. The fourth-order valence-electron chi connectivity index (χ4n) is 2.79. The summed E-state index contributed by atoms with van der Waals surface area (Å²) in [6.45, 7) is 7.63. The van der Waals surface area contributed by atoms with E-state index >= 15 is 0 Å². The van der Waals surface area contributed by atoms with Crippen molar-refractivity contribution in [2.24, 2.45) is 11.7 Å². The average Bonchev–Trinajstić information content (AvgIpc) is 2.83. The van der Waals surface area contributed by atoms with E-state index in [1.165, 1.54) is 0 Å². The Balaban J connectivity index is 1.98. The first-order valence-electron chi connectivity index (χ1n) is 8.26. The number of nitrogens with one attached hydrogen (secondary N) is 1. The van der Waals surface area contributed by atoms with Gasteiger partial charge in [0.25, 0.3) is 5.91 Å². The summed E-state index contributed by atoms with van der Waals surface area (Å²) in [6.07, 6.45) is 1.54. The van der Waals surface area contributed by atoms with Crippen molar-refractivity contribution in [1.82, 2.24) is 5.32 Å². The Bertz CT molecular complexity index is 627. The summed E-state index contributed by atoms with van der Waals surface area (Å²) in [5, 5.41) is 2.64. The molecule has 6 nitrogen and oxygen atoms in total. The summed E-state index contributed by atoms with van der Waals surface area (Å²) in [4.78, 5) is 23.6. The normalized spacial score (nSPS) is 17.3. The van der Waals surface area contributed by atoms with Crippen molar-refractivity contribution in [2.75, 3.05) is 6.61 Å². The van der Waals surface area contributed by atoms with Gasteiger partial charge < -0.3 is 20.5 Å².